The number of phenols is 1. The first-order valence-corrected chi connectivity index (χ1v) is 6.08. The monoisotopic (exact) mass is 271 g/mol. The molecule has 0 aliphatic carbocycles. The lowest BCUT2D eigenvalue weighted by molar-refractivity contribution is 0.314. The zero-order chi connectivity index (χ0) is 11.3. The molecule has 0 heterocycles. The normalized spacial score (nSPS) is 10.9. The van der Waals surface area contributed by atoms with Crippen LogP contribution in [0.5, 0.6) is 5.75 Å². The molecule has 1 aromatic carbocycles. The molecular formula is C12H18BrNO. The highest BCUT2D eigenvalue weighted by atomic mass is 79.9. The summed E-state index contributed by atoms with van der Waals surface area (Å²) < 4.78 is 1.01. The summed E-state index contributed by atoms with van der Waals surface area (Å²) in [7, 11) is 2.08. The number of hydrogen-bond donors (Lipinski definition) is 1. The Morgan fingerprint density at radius 1 is 1.40 bits per heavy atom. The molecule has 2 nitrogen and oxygen atoms in total. The average molecular weight is 272 g/mol. The van der Waals surface area contributed by atoms with E-state index >= 15 is 0 Å². The summed E-state index contributed by atoms with van der Waals surface area (Å²) in [6.45, 7) is 4.05. The minimum atomic E-state index is 0.376. The van der Waals surface area contributed by atoms with Gasteiger partial charge in [-0.1, -0.05) is 29.3 Å². The highest BCUT2D eigenvalue weighted by Gasteiger charge is 2.05. The standard InChI is InChI=1S/C12H18BrNO/c1-3-4-7-14(2)9-10-8-11(13)5-6-12(10)15/h5-6,8,15H,3-4,7,9H2,1-2H3. The fourth-order valence-corrected chi connectivity index (χ4v) is 1.89. The summed E-state index contributed by atoms with van der Waals surface area (Å²) in [5, 5.41) is 9.66. The zero-order valence-corrected chi connectivity index (χ0v) is 10.9. The fourth-order valence-electron chi connectivity index (χ4n) is 1.48. The first-order valence-electron chi connectivity index (χ1n) is 5.29. The first kappa shape index (κ1) is 12.5. The Hall–Kier alpha value is -0.540. The number of unbranched alkanes of at least 4 members (excludes halogenated alkanes) is 1. The second-order valence-electron chi connectivity index (χ2n) is 3.86. The van der Waals surface area contributed by atoms with Gasteiger partial charge in [-0.3, -0.25) is 0 Å². The number of halogens is 1. The van der Waals surface area contributed by atoms with Crippen LogP contribution >= 0.6 is 15.9 Å². The second kappa shape index (κ2) is 6.13. The summed E-state index contributed by atoms with van der Waals surface area (Å²) in [6, 6.07) is 5.55. The van der Waals surface area contributed by atoms with Gasteiger partial charge in [0.1, 0.15) is 5.75 Å². The van der Waals surface area contributed by atoms with E-state index < -0.39 is 0 Å². The summed E-state index contributed by atoms with van der Waals surface area (Å²) in [5.74, 6) is 0.376. The smallest absolute Gasteiger partial charge is 0.120 e. The van der Waals surface area contributed by atoms with Crippen molar-refractivity contribution in [3.8, 4) is 5.75 Å². The fraction of sp³-hybridized carbons (Fsp3) is 0.500. The van der Waals surface area contributed by atoms with Gasteiger partial charge in [0.25, 0.3) is 0 Å². The molecular weight excluding hydrogens is 254 g/mol. The van der Waals surface area contributed by atoms with Crippen molar-refractivity contribution in [3.63, 3.8) is 0 Å². The molecule has 3 heteroatoms. The number of benzene rings is 1. The Balaban J connectivity index is 2.59. The molecule has 1 rings (SSSR count). The van der Waals surface area contributed by atoms with Crippen molar-refractivity contribution >= 4 is 15.9 Å². The molecule has 0 aliphatic heterocycles. The molecule has 0 atom stereocenters. The lowest BCUT2D eigenvalue weighted by atomic mass is 10.2. The van der Waals surface area contributed by atoms with Gasteiger partial charge in [0.15, 0.2) is 0 Å². The van der Waals surface area contributed by atoms with Gasteiger partial charge in [0.2, 0.25) is 0 Å². The van der Waals surface area contributed by atoms with E-state index in [0.29, 0.717) is 5.75 Å². The van der Waals surface area contributed by atoms with E-state index in [1.165, 1.54) is 12.8 Å². The molecule has 0 aliphatic rings. The number of aromatic hydroxyl groups is 1. The lowest BCUT2D eigenvalue weighted by Gasteiger charge is -2.17. The number of hydrogen-bond acceptors (Lipinski definition) is 2. The van der Waals surface area contributed by atoms with Gasteiger partial charge in [-0.15, -0.1) is 0 Å². The van der Waals surface area contributed by atoms with E-state index in [0.717, 1.165) is 23.1 Å². The van der Waals surface area contributed by atoms with Crippen LogP contribution in [0.4, 0.5) is 0 Å². The SMILES string of the molecule is CCCCN(C)Cc1cc(Br)ccc1O. The van der Waals surface area contributed by atoms with E-state index in [1.807, 2.05) is 12.1 Å². The van der Waals surface area contributed by atoms with Gasteiger partial charge in [-0.2, -0.15) is 0 Å². The van der Waals surface area contributed by atoms with Crippen molar-refractivity contribution in [1.82, 2.24) is 4.90 Å². The van der Waals surface area contributed by atoms with Crippen LogP contribution in [0.1, 0.15) is 25.3 Å². The maximum Gasteiger partial charge on any atom is 0.120 e. The Labute approximate surface area is 100 Å². The van der Waals surface area contributed by atoms with Crippen molar-refractivity contribution in [2.75, 3.05) is 13.6 Å². The summed E-state index contributed by atoms with van der Waals surface area (Å²) in [6.07, 6.45) is 2.40. The number of phenolic OH excluding ortho intramolecular Hbond substituents is 1. The van der Waals surface area contributed by atoms with Crippen molar-refractivity contribution in [2.45, 2.75) is 26.3 Å². The molecule has 1 N–H and O–H groups in total. The van der Waals surface area contributed by atoms with Crippen molar-refractivity contribution < 1.29 is 5.11 Å². The van der Waals surface area contributed by atoms with E-state index in [4.69, 9.17) is 0 Å². The number of nitrogens with zero attached hydrogens (tertiary/aromatic N) is 1. The molecule has 15 heavy (non-hydrogen) atoms. The first-order chi connectivity index (χ1) is 7.13. The third kappa shape index (κ3) is 4.22. The molecule has 0 amide bonds. The highest BCUT2D eigenvalue weighted by molar-refractivity contribution is 9.10. The highest BCUT2D eigenvalue weighted by Crippen LogP contribution is 2.22. The Kier molecular flexibility index (Phi) is 5.12. The van der Waals surface area contributed by atoms with Crippen molar-refractivity contribution in [2.24, 2.45) is 0 Å². The predicted octanol–water partition coefficient (Wildman–Crippen LogP) is 3.39. The molecule has 0 saturated heterocycles. The number of rotatable bonds is 5. The van der Waals surface area contributed by atoms with Crippen LogP contribution in [0.15, 0.2) is 22.7 Å². The Morgan fingerprint density at radius 3 is 2.80 bits per heavy atom. The largest absolute Gasteiger partial charge is 0.508 e. The van der Waals surface area contributed by atoms with Crippen molar-refractivity contribution in [3.05, 3.63) is 28.2 Å². The van der Waals surface area contributed by atoms with Crippen molar-refractivity contribution in [1.29, 1.82) is 0 Å². The maximum absolute atomic E-state index is 9.66. The minimum absolute atomic E-state index is 0.376. The van der Waals surface area contributed by atoms with Gasteiger partial charge in [0, 0.05) is 16.6 Å². The summed E-state index contributed by atoms with van der Waals surface area (Å²) in [4.78, 5) is 2.23. The van der Waals surface area contributed by atoms with E-state index in [2.05, 4.69) is 34.8 Å². The molecule has 0 spiro atoms. The van der Waals surface area contributed by atoms with Crippen LogP contribution in [-0.4, -0.2) is 23.6 Å². The third-order valence-corrected chi connectivity index (χ3v) is 2.87. The third-order valence-electron chi connectivity index (χ3n) is 2.38. The topological polar surface area (TPSA) is 23.5 Å². The Morgan fingerprint density at radius 2 is 2.13 bits per heavy atom. The zero-order valence-electron chi connectivity index (χ0n) is 9.33. The molecule has 1 aromatic rings. The van der Waals surface area contributed by atoms with Gasteiger partial charge in [-0.25, -0.2) is 0 Å². The quantitative estimate of drug-likeness (QED) is 0.888. The average Bonchev–Trinajstić information content (AvgIpc) is 2.20. The van der Waals surface area contributed by atoms with E-state index in [-0.39, 0.29) is 0 Å². The second-order valence-corrected chi connectivity index (χ2v) is 4.78. The van der Waals surface area contributed by atoms with Gasteiger partial charge in [0.05, 0.1) is 0 Å². The minimum Gasteiger partial charge on any atom is -0.508 e. The van der Waals surface area contributed by atoms with Gasteiger partial charge >= 0.3 is 0 Å². The molecule has 0 aromatic heterocycles. The molecule has 0 fully saturated rings. The van der Waals surface area contributed by atoms with E-state index in [1.54, 1.807) is 6.07 Å². The van der Waals surface area contributed by atoms with Gasteiger partial charge in [-0.05, 0) is 38.2 Å². The molecule has 0 radical (unpaired) electrons. The lowest BCUT2D eigenvalue weighted by Crippen LogP contribution is -2.18. The van der Waals surface area contributed by atoms with E-state index in [9.17, 15) is 5.11 Å². The maximum atomic E-state index is 9.66. The molecule has 0 unspecified atom stereocenters. The summed E-state index contributed by atoms with van der Waals surface area (Å²) in [5.41, 5.74) is 0.975. The molecule has 0 saturated carbocycles. The molecule has 84 valence electrons. The van der Waals surface area contributed by atoms with Crippen LogP contribution in [0.2, 0.25) is 0 Å². The summed E-state index contributed by atoms with van der Waals surface area (Å²) >= 11 is 3.41. The van der Waals surface area contributed by atoms with Gasteiger partial charge < -0.3 is 10.0 Å². The predicted molar refractivity (Wildman–Crippen MR) is 67.0 cm³/mol. The van der Waals surface area contributed by atoms with Crippen LogP contribution in [0.25, 0.3) is 0 Å². The Bertz CT molecular complexity index is 314. The van der Waals surface area contributed by atoms with Crippen LogP contribution in [0.3, 0.4) is 0 Å². The van der Waals surface area contributed by atoms with Crippen LogP contribution in [0, 0.1) is 0 Å². The molecule has 0 bridgehead atoms. The van der Waals surface area contributed by atoms with Crippen LogP contribution < -0.4 is 0 Å². The van der Waals surface area contributed by atoms with Crippen LogP contribution in [-0.2, 0) is 6.54 Å².